The molecule has 1 aliphatic heterocycles. The minimum Gasteiger partial charge on any atom is -0.496 e. The second-order valence-electron chi connectivity index (χ2n) is 16.2. The smallest absolute Gasteiger partial charge is 0.410 e. The summed E-state index contributed by atoms with van der Waals surface area (Å²) in [6.07, 6.45) is 16.1. The zero-order chi connectivity index (χ0) is 34.5. The number of ether oxygens (including phenoxy) is 2. The molecule has 1 aromatic carbocycles. The van der Waals surface area contributed by atoms with Crippen molar-refractivity contribution in [1.82, 2.24) is 14.9 Å². The lowest BCUT2D eigenvalue weighted by Gasteiger charge is -2.55. The van der Waals surface area contributed by atoms with Gasteiger partial charge in [-0.05, 0) is 136 Å². The van der Waals surface area contributed by atoms with E-state index in [0.29, 0.717) is 49.9 Å². The highest BCUT2D eigenvalue weighted by Gasteiger charge is 2.51. The summed E-state index contributed by atoms with van der Waals surface area (Å²) in [4.78, 5) is 40.8. The maximum atomic E-state index is 14.7. The number of nitrogens with zero attached hydrogens (tertiary/aromatic N) is 4. The normalized spacial score (nSPS) is 27.9. The van der Waals surface area contributed by atoms with Crippen molar-refractivity contribution >= 4 is 17.8 Å². The van der Waals surface area contributed by atoms with E-state index in [1.54, 1.807) is 13.4 Å². The van der Waals surface area contributed by atoms with Crippen LogP contribution in [0.1, 0.15) is 113 Å². The molecule has 0 radical (unpaired) electrons. The Kier molecular flexibility index (Phi) is 8.88. The molecular weight excluding hydrogens is 628 g/mol. The first-order chi connectivity index (χ1) is 24.3. The lowest BCUT2D eigenvalue weighted by Crippen LogP contribution is -2.52. The largest absolute Gasteiger partial charge is 0.496 e. The Hall–Kier alpha value is -3.88. The number of aromatic nitrogens is 2. The molecule has 9 rings (SSSR count). The molecule has 1 saturated heterocycles. The van der Waals surface area contributed by atoms with Gasteiger partial charge in [-0.1, -0.05) is 19.1 Å². The number of carbonyl (C=O) groups is 2. The van der Waals surface area contributed by atoms with Crippen LogP contribution in [0.2, 0.25) is 0 Å². The number of methoxy groups -OCH3 is 1. The topological polar surface area (TPSA) is 98.0 Å². The number of benzene rings is 1. The van der Waals surface area contributed by atoms with Gasteiger partial charge < -0.3 is 18.8 Å². The Morgan fingerprint density at radius 3 is 2.38 bits per heavy atom. The minimum absolute atomic E-state index is 0.0595. The van der Waals surface area contributed by atoms with Crippen LogP contribution in [0.5, 0.6) is 5.75 Å². The molecule has 2 aromatic heterocycles. The molecule has 0 unspecified atom stereocenters. The summed E-state index contributed by atoms with van der Waals surface area (Å²) in [7, 11) is 1.74. The van der Waals surface area contributed by atoms with Crippen LogP contribution in [-0.4, -0.2) is 59.7 Å². The number of rotatable bonds is 10. The Morgan fingerprint density at radius 2 is 1.72 bits per heavy atom. The summed E-state index contributed by atoms with van der Waals surface area (Å²) >= 11 is 0. The van der Waals surface area contributed by atoms with Gasteiger partial charge >= 0.3 is 6.09 Å². The van der Waals surface area contributed by atoms with Crippen LogP contribution in [0.3, 0.4) is 0 Å². The van der Waals surface area contributed by atoms with Crippen molar-refractivity contribution in [3.8, 4) is 17.0 Å². The Labute approximate surface area is 296 Å². The lowest BCUT2D eigenvalue weighted by molar-refractivity contribution is -0.124. The van der Waals surface area contributed by atoms with Crippen LogP contribution in [0, 0.1) is 24.2 Å². The summed E-state index contributed by atoms with van der Waals surface area (Å²) in [5.41, 5.74) is 4.60. The SMILES string of the molecule is CCC1CN(C(=O)OC2CCC(C(=O)N(CC34CCC(c5ccc(OC)c(C)c5)(CC3)CC4)c3cc(-c4coc(C5CC5)n4)ccn3)CC2)C1. The van der Waals surface area contributed by atoms with Gasteiger partial charge in [-0.25, -0.2) is 14.8 Å². The zero-order valence-corrected chi connectivity index (χ0v) is 30.0. The maximum Gasteiger partial charge on any atom is 0.410 e. The summed E-state index contributed by atoms with van der Waals surface area (Å²) in [6.45, 7) is 6.57. The van der Waals surface area contributed by atoms with Crippen molar-refractivity contribution < 1.29 is 23.5 Å². The summed E-state index contributed by atoms with van der Waals surface area (Å²) in [6, 6.07) is 10.7. The Morgan fingerprint density at radius 1 is 0.980 bits per heavy atom. The van der Waals surface area contributed by atoms with Gasteiger partial charge in [0.15, 0.2) is 5.89 Å². The van der Waals surface area contributed by atoms with Crippen LogP contribution in [0.15, 0.2) is 47.2 Å². The van der Waals surface area contributed by atoms with Crippen LogP contribution in [0.25, 0.3) is 11.3 Å². The van der Waals surface area contributed by atoms with Crippen molar-refractivity contribution in [2.75, 3.05) is 31.6 Å². The fraction of sp³-hybridized carbons (Fsp3) is 0.610. The predicted octanol–water partition coefficient (Wildman–Crippen LogP) is 8.59. The third kappa shape index (κ3) is 6.41. The number of carbonyl (C=O) groups excluding carboxylic acids is 2. The number of amides is 2. The van der Waals surface area contributed by atoms with E-state index in [9.17, 15) is 9.59 Å². The van der Waals surface area contributed by atoms with E-state index in [1.807, 2.05) is 28.1 Å². The highest BCUT2D eigenvalue weighted by atomic mass is 16.6. The fourth-order valence-corrected chi connectivity index (χ4v) is 9.25. The summed E-state index contributed by atoms with van der Waals surface area (Å²) in [5, 5.41) is 0. The molecule has 5 aliphatic carbocycles. The zero-order valence-electron chi connectivity index (χ0n) is 30.0. The summed E-state index contributed by atoms with van der Waals surface area (Å²) < 4.78 is 17.3. The Balaban J connectivity index is 0.994. The van der Waals surface area contributed by atoms with E-state index in [4.69, 9.17) is 23.9 Å². The van der Waals surface area contributed by atoms with Crippen LogP contribution >= 0.6 is 0 Å². The molecule has 6 aliphatic rings. The van der Waals surface area contributed by atoms with E-state index in [0.717, 1.165) is 93.8 Å². The molecule has 0 atom stereocenters. The van der Waals surface area contributed by atoms with Gasteiger partial charge in [0.2, 0.25) is 5.91 Å². The number of hydrogen-bond acceptors (Lipinski definition) is 7. The van der Waals surface area contributed by atoms with Gasteiger partial charge in [-0.3, -0.25) is 9.69 Å². The first-order valence-corrected chi connectivity index (χ1v) is 19.1. The molecule has 2 bridgehead atoms. The second kappa shape index (κ2) is 13.3. The molecule has 9 nitrogen and oxygen atoms in total. The molecule has 0 spiro atoms. The molecule has 3 aromatic rings. The van der Waals surface area contributed by atoms with Gasteiger partial charge in [-0.2, -0.15) is 0 Å². The second-order valence-corrected chi connectivity index (χ2v) is 16.2. The standard InChI is InChI=1S/C41H52N4O5/c1-4-28-23-44(24-28)39(47)50-33-10-7-30(8-11-33)38(46)45(36-22-31(13-20-42-36)34-25-49-37(43-34)29-5-6-29)26-40-14-17-41(18-15-40,19-16-40)32-9-12-35(48-3)27(2)21-32/h9,12-13,20-22,25,28-30,33H,4-8,10-11,14-19,23-24,26H2,1-3H3. The van der Waals surface area contributed by atoms with E-state index in [2.05, 4.69) is 32.0 Å². The first-order valence-electron chi connectivity index (χ1n) is 19.1. The molecule has 6 fully saturated rings. The monoisotopic (exact) mass is 680 g/mol. The maximum absolute atomic E-state index is 14.7. The number of anilines is 1. The number of likely N-dealkylation sites (tertiary alicyclic amines) is 1. The highest BCUT2D eigenvalue weighted by Crippen LogP contribution is 2.58. The molecule has 50 heavy (non-hydrogen) atoms. The number of fused-ring (bicyclic) bond motifs is 3. The molecular formula is C41H52N4O5. The average Bonchev–Trinajstić information content (AvgIpc) is 3.86. The van der Waals surface area contributed by atoms with Crippen molar-refractivity contribution in [2.24, 2.45) is 17.3 Å². The predicted molar refractivity (Wildman–Crippen MR) is 191 cm³/mol. The van der Waals surface area contributed by atoms with E-state index < -0.39 is 0 Å². The number of oxazole rings is 1. The quantitative estimate of drug-likeness (QED) is 0.212. The Bertz CT molecular complexity index is 1690. The average molecular weight is 681 g/mol. The van der Waals surface area contributed by atoms with Crippen molar-refractivity contribution in [2.45, 2.75) is 115 Å². The first kappa shape index (κ1) is 33.3. The van der Waals surface area contributed by atoms with E-state index in [1.165, 1.54) is 11.1 Å². The lowest BCUT2D eigenvalue weighted by atomic mass is 9.51. The molecule has 0 N–H and O–H groups in total. The van der Waals surface area contributed by atoms with Gasteiger partial charge in [0.1, 0.15) is 29.6 Å². The molecule has 5 saturated carbocycles. The third-order valence-electron chi connectivity index (χ3n) is 13.0. The molecule has 266 valence electrons. The van der Waals surface area contributed by atoms with Gasteiger partial charge in [0, 0.05) is 43.2 Å². The number of pyridine rings is 1. The minimum atomic E-state index is -0.195. The fourth-order valence-electron chi connectivity index (χ4n) is 9.25. The molecule has 2 amide bonds. The molecule has 3 heterocycles. The number of aryl methyl sites for hydroxylation is 1. The van der Waals surface area contributed by atoms with Crippen molar-refractivity contribution in [1.29, 1.82) is 0 Å². The third-order valence-corrected chi connectivity index (χ3v) is 13.0. The number of hydrogen-bond donors (Lipinski definition) is 0. The van der Waals surface area contributed by atoms with E-state index >= 15 is 0 Å². The summed E-state index contributed by atoms with van der Waals surface area (Å²) in [5.74, 6) is 3.50. The molecule has 9 heteroatoms. The van der Waals surface area contributed by atoms with E-state index in [-0.39, 0.29) is 34.9 Å². The van der Waals surface area contributed by atoms with Crippen LogP contribution in [0.4, 0.5) is 10.6 Å². The van der Waals surface area contributed by atoms with Crippen LogP contribution < -0.4 is 9.64 Å². The van der Waals surface area contributed by atoms with Crippen molar-refractivity contribution in [3.63, 3.8) is 0 Å². The highest BCUT2D eigenvalue weighted by molar-refractivity contribution is 5.95. The van der Waals surface area contributed by atoms with Gasteiger partial charge in [0.05, 0.1) is 7.11 Å². The van der Waals surface area contributed by atoms with Gasteiger partial charge in [-0.15, -0.1) is 0 Å². The van der Waals surface area contributed by atoms with Gasteiger partial charge in [0.25, 0.3) is 0 Å². The van der Waals surface area contributed by atoms with Crippen LogP contribution in [-0.2, 0) is 14.9 Å². The van der Waals surface area contributed by atoms with Crippen molar-refractivity contribution in [3.05, 3.63) is 59.8 Å².